The van der Waals surface area contributed by atoms with Crippen LogP contribution in [0.25, 0.3) is 0 Å². The number of fused-ring (bicyclic) bond motifs is 1. The lowest BCUT2D eigenvalue weighted by molar-refractivity contribution is -0.140. The highest BCUT2D eigenvalue weighted by atomic mass is 32.2. The first-order valence-corrected chi connectivity index (χ1v) is 15.2. The van der Waals surface area contributed by atoms with E-state index in [1.54, 1.807) is 24.3 Å². The maximum atomic E-state index is 15.0. The van der Waals surface area contributed by atoms with Gasteiger partial charge in [0.25, 0.3) is 5.91 Å². The van der Waals surface area contributed by atoms with Crippen LogP contribution in [0.1, 0.15) is 45.9 Å². The number of alkyl halides is 3. The summed E-state index contributed by atoms with van der Waals surface area (Å²) in [6.45, 7) is 0.426. The number of hydrogen-bond donors (Lipinski definition) is 2. The van der Waals surface area contributed by atoms with Crippen molar-refractivity contribution in [3.63, 3.8) is 0 Å². The predicted molar refractivity (Wildman–Crippen MR) is 148 cm³/mol. The van der Waals surface area contributed by atoms with Gasteiger partial charge in [-0.15, -0.1) is 0 Å². The maximum Gasteiger partial charge on any atom is 0.423 e. The standard InChI is InChI=1S/C28H29F4N5O5S/c1-37(43(3,39)40)24-17-7-5-4-6-16(17)10-23(24)42-26-19(28(30,31)32)14-34-27(36-26)35-21-12-20(29)18(11-22(21)41-2)25(38)33-13-15-8-9-15/h4-7,11-12,14-15,23-24H,8-10,13H2,1-3H3,(H,33,38)(H,34,35,36)/t23-,24-/m1/s1. The van der Waals surface area contributed by atoms with E-state index in [-0.39, 0.29) is 29.4 Å². The second-order valence-corrected chi connectivity index (χ2v) is 12.5. The van der Waals surface area contributed by atoms with Gasteiger partial charge in [-0.05, 0) is 36.0 Å². The molecule has 2 aliphatic carbocycles. The first-order valence-electron chi connectivity index (χ1n) is 13.3. The van der Waals surface area contributed by atoms with Crippen LogP contribution in [0.15, 0.2) is 42.6 Å². The lowest BCUT2D eigenvalue weighted by Crippen LogP contribution is -2.38. The number of aromatic nitrogens is 2. The molecule has 0 spiro atoms. The molecule has 0 aliphatic heterocycles. The summed E-state index contributed by atoms with van der Waals surface area (Å²) in [5.41, 5.74) is -0.275. The van der Waals surface area contributed by atoms with Gasteiger partial charge < -0.3 is 20.1 Å². The molecule has 5 rings (SSSR count). The number of methoxy groups -OCH3 is 1. The van der Waals surface area contributed by atoms with Crippen LogP contribution in [0.2, 0.25) is 0 Å². The first-order chi connectivity index (χ1) is 20.3. The zero-order chi connectivity index (χ0) is 31.1. The number of likely N-dealkylation sites (N-methyl/N-ethyl adjacent to an activating group) is 1. The van der Waals surface area contributed by atoms with E-state index in [2.05, 4.69) is 20.6 Å². The minimum atomic E-state index is -4.91. The van der Waals surface area contributed by atoms with Crippen LogP contribution in [0, 0.1) is 11.7 Å². The van der Waals surface area contributed by atoms with Gasteiger partial charge in [0.1, 0.15) is 23.2 Å². The van der Waals surface area contributed by atoms with Gasteiger partial charge in [0, 0.05) is 32.3 Å². The molecule has 0 bridgehead atoms. The van der Waals surface area contributed by atoms with Crippen molar-refractivity contribution in [3.8, 4) is 11.6 Å². The zero-order valence-electron chi connectivity index (χ0n) is 23.4. The number of rotatable bonds is 10. The predicted octanol–water partition coefficient (Wildman–Crippen LogP) is 4.46. The third kappa shape index (κ3) is 6.67. The molecule has 1 fully saturated rings. The molecule has 15 heteroatoms. The largest absolute Gasteiger partial charge is 0.495 e. The van der Waals surface area contributed by atoms with Gasteiger partial charge in [-0.2, -0.15) is 22.5 Å². The van der Waals surface area contributed by atoms with Crippen LogP contribution in [0.5, 0.6) is 11.6 Å². The van der Waals surface area contributed by atoms with Gasteiger partial charge >= 0.3 is 6.18 Å². The summed E-state index contributed by atoms with van der Waals surface area (Å²) in [6.07, 6.45) is -2.34. The number of nitrogens with zero attached hydrogens (tertiary/aromatic N) is 3. The molecule has 230 valence electrons. The van der Waals surface area contributed by atoms with Crippen LogP contribution >= 0.6 is 0 Å². The Morgan fingerprint density at radius 2 is 1.91 bits per heavy atom. The molecule has 0 unspecified atom stereocenters. The number of carbonyl (C=O) groups is 1. The number of carbonyl (C=O) groups excluding carboxylic acids is 1. The highest BCUT2D eigenvalue weighted by Gasteiger charge is 2.43. The molecule has 1 amide bonds. The van der Waals surface area contributed by atoms with Crippen molar-refractivity contribution in [2.24, 2.45) is 5.92 Å². The van der Waals surface area contributed by atoms with E-state index in [1.807, 2.05) is 0 Å². The van der Waals surface area contributed by atoms with Crippen molar-refractivity contribution < 1.29 is 40.2 Å². The topological polar surface area (TPSA) is 123 Å². The molecule has 1 saturated carbocycles. The third-order valence-corrected chi connectivity index (χ3v) is 8.69. The monoisotopic (exact) mass is 623 g/mol. The number of hydrogen-bond acceptors (Lipinski definition) is 8. The van der Waals surface area contributed by atoms with E-state index < -0.39 is 51.5 Å². The smallest absolute Gasteiger partial charge is 0.423 e. The normalized spacial score (nSPS) is 18.3. The Bertz CT molecular complexity index is 1650. The Kier molecular flexibility index (Phi) is 8.22. The quantitative estimate of drug-likeness (QED) is 0.318. The van der Waals surface area contributed by atoms with E-state index in [0.29, 0.717) is 24.2 Å². The summed E-state index contributed by atoms with van der Waals surface area (Å²) in [5, 5.41) is 5.31. The molecule has 2 aromatic carbocycles. The number of anilines is 2. The van der Waals surface area contributed by atoms with Gasteiger partial charge in [-0.25, -0.2) is 17.8 Å². The van der Waals surface area contributed by atoms with E-state index in [1.165, 1.54) is 20.2 Å². The second-order valence-electron chi connectivity index (χ2n) is 10.5. The first kappa shape index (κ1) is 30.5. The van der Waals surface area contributed by atoms with E-state index >= 15 is 0 Å². The zero-order valence-corrected chi connectivity index (χ0v) is 24.2. The molecule has 2 N–H and O–H groups in total. The van der Waals surface area contributed by atoms with Crippen molar-refractivity contribution in [2.45, 2.75) is 37.6 Å². The van der Waals surface area contributed by atoms with E-state index in [0.717, 1.165) is 35.0 Å². The van der Waals surface area contributed by atoms with Gasteiger partial charge in [0.15, 0.2) is 0 Å². The molecular weight excluding hydrogens is 594 g/mol. The van der Waals surface area contributed by atoms with Crippen LogP contribution < -0.4 is 20.1 Å². The lowest BCUT2D eigenvalue weighted by Gasteiger charge is -2.29. The number of halogens is 4. The molecular formula is C28H29F4N5O5S. The van der Waals surface area contributed by atoms with Gasteiger partial charge in [0.05, 0.1) is 30.7 Å². The van der Waals surface area contributed by atoms with Crippen LogP contribution in [-0.2, 0) is 22.6 Å². The molecule has 2 aliphatic rings. The number of nitrogens with one attached hydrogen (secondary N) is 2. The highest BCUT2D eigenvalue weighted by Crippen LogP contribution is 2.42. The fourth-order valence-corrected chi connectivity index (χ4v) is 5.56. The summed E-state index contributed by atoms with van der Waals surface area (Å²) < 4.78 is 94.0. The number of sulfonamides is 1. The number of benzene rings is 2. The van der Waals surface area contributed by atoms with Crippen molar-refractivity contribution in [2.75, 3.05) is 32.3 Å². The van der Waals surface area contributed by atoms with Crippen molar-refractivity contribution in [1.29, 1.82) is 0 Å². The van der Waals surface area contributed by atoms with Gasteiger partial charge in [-0.3, -0.25) is 4.79 Å². The average molecular weight is 624 g/mol. The molecule has 0 saturated heterocycles. The molecule has 2 atom stereocenters. The summed E-state index contributed by atoms with van der Waals surface area (Å²) >= 11 is 0. The minimum absolute atomic E-state index is 0.0185. The SMILES string of the molecule is COc1cc(C(=O)NCC2CC2)c(F)cc1Nc1ncc(C(F)(F)F)c(O[C@@H]2Cc3ccccc3[C@H]2N(C)S(C)(=O)=O)n1. The van der Waals surface area contributed by atoms with Crippen molar-refractivity contribution >= 4 is 27.6 Å². The van der Waals surface area contributed by atoms with Crippen molar-refractivity contribution in [3.05, 3.63) is 70.7 Å². The summed E-state index contributed by atoms with van der Waals surface area (Å²) in [4.78, 5) is 20.2. The molecule has 43 heavy (non-hydrogen) atoms. The number of ether oxygens (including phenoxy) is 2. The Balaban J connectivity index is 1.46. The van der Waals surface area contributed by atoms with Crippen LogP contribution in [0.3, 0.4) is 0 Å². The lowest BCUT2D eigenvalue weighted by atomic mass is 10.1. The Morgan fingerprint density at radius 1 is 1.19 bits per heavy atom. The Labute approximate surface area is 245 Å². The molecule has 0 radical (unpaired) electrons. The third-order valence-electron chi connectivity index (χ3n) is 7.41. The molecule has 3 aromatic rings. The average Bonchev–Trinajstić information content (AvgIpc) is 3.70. The van der Waals surface area contributed by atoms with Crippen molar-refractivity contribution in [1.82, 2.24) is 19.6 Å². The summed E-state index contributed by atoms with van der Waals surface area (Å²) in [5.74, 6) is -2.34. The molecule has 1 heterocycles. The second kappa shape index (κ2) is 11.6. The van der Waals surface area contributed by atoms with Gasteiger partial charge in [0.2, 0.25) is 21.9 Å². The summed E-state index contributed by atoms with van der Waals surface area (Å²) in [6, 6.07) is 8.08. The molecule has 1 aromatic heterocycles. The maximum absolute atomic E-state index is 15.0. The highest BCUT2D eigenvalue weighted by molar-refractivity contribution is 7.88. The minimum Gasteiger partial charge on any atom is -0.495 e. The van der Waals surface area contributed by atoms with Crippen LogP contribution in [0.4, 0.5) is 29.2 Å². The summed E-state index contributed by atoms with van der Waals surface area (Å²) in [7, 11) is -1.15. The Morgan fingerprint density at radius 3 is 2.56 bits per heavy atom. The van der Waals surface area contributed by atoms with E-state index in [9.17, 15) is 30.8 Å². The fraction of sp³-hybridized carbons (Fsp3) is 0.393. The number of amides is 1. The van der Waals surface area contributed by atoms with Crippen LogP contribution in [-0.4, -0.2) is 61.7 Å². The Hall–Kier alpha value is -3.98. The molecule has 10 nitrogen and oxygen atoms in total. The fourth-order valence-electron chi connectivity index (χ4n) is 4.90. The van der Waals surface area contributed by atoms with E-state index in [4.69, 9.17) is 9.47 Å². The van der Waals surface area contributed by atoms with Gasteiger partial charge in [-0.1, -0.05) is 24.3 Å².